The molecule has 10 heteroatoms. The number of carbonyl (C=O) groups is 1. The van der Waals surface area contributed by atoms with E-state index >= 15 is 0 Å². The van der Waals surface area contributed by atoms with Crippen LogP contribution in [0, 0.1) is 0 Å². The Kier molecular flexibility index (Phi) is 10.8. The van der Waals surface area contributed by atoms with Crippen LogP contribution in [0.15, 0.2) is 42.5 Å². The Balaban J connectivity index is 1.66. The summed E-state index contributed by atoms with van der Waals surface area (Å²) >= 11 is 12.1. The number of alkyl carbamates (subject to hydrolysis) is 1. The van der Waals surface area contributed by atoms with Crippen molar-refractivity contribution in [2.24, 2.45) is 0 Å². The molecule has 3 N–H and O–H groups in total. The number of hydrogen-bond donors (Lipinski definition) is 3. The molecule has 0 saturated heterocycles. The van der Waals surface area contributed by atoms with Crippen LogP contribution in [0.2, 0.25) is 10.0 Å². The number of halogens is 2. The predicted molar refractivity (Wildman–Crippen MR) is 141 cm³/mol. The van der Waals surface area contributed by atoms with Crippen LogP contribution in [0.5, 0.6) is 0 Å². The number of nitrogens with one attached hydrogen (secondary N) is 3. The van der Waals surface area contributed by atoms with Crippen LogP contribution in [-0.4, -0.2) is 39.0 Å². The third-order valence-electron chi connectivity index (χ3n) is 4.68. The standard InChI is InChI=1S/C24H33Cl2N3O4S/c1-24(2,3)33-23(30)28-16-6-4-5-15-27-19-10-12-20(13-11-19)29-34(31,32)17-14-18-8-7-9-21(25)22(18)26/h7-13,27,29H,4-6,14-17H2,1-3H3,(H,28,30). The van der Waals surface area contributed by atoms with Gasteiger partial charge in [-0.25, -0.2) is 13.2 Å². The molecule has 1 amide bonds. The summed E-state index contributed by atoms with van der Waals surface area (Å²) in [7, 11) is -3.53. The first-order valence-electron chi connectivity index (χ1n) is 11.2. The molecule has 0 heterocycles. The first-order chi connectivity index (χ1) is 16.0. The average Bonchev–Trinajstić information content (AvgIpc) is 2.74. The molecule has 0 radical (unpaired) electrons. The summed E-state index contributed by atoms with van der Waals surface area (Å²) in [6.07, 6.45) is 2.63. The molecule has 188 valence electrons. The van der Waals surface area contributed by atoms with Crippen molar-refractivity contribution in [1.82, 2.24) is 5.32 Å². The summed E-state index contributed by atoms with van der Waals surface area (Å²) in [5.74, 6) is -0.101. The number of ether oxygens (including phenoxy) is 1. The highest BCUT2D eigenvalue weighted by molar-refractivity contribution is 7.92. The number of anilines is 2. The lowest BCUT2D eigenvalue weighted by molar-refractivity contribution is 0.0527. The highest BCUT2D eigenvalue weighted by Gasteiger charge is 2.15. The SMILES string of the molecule is CC(C)(C)OC(=O)NCCCCCNc1ccc(NS(=O)(=O)CCc2cccc(Cl)c2Cl)cc1. The van der Waals surface area contributed by atoms with Gasteiger partial charge < -0.3 is 15.4 Å². The van der Waals surface area contributed by atoms with Gasteiger partial charge in [-0.15, -0.1) is 0 Å². The van der Waals surface area contributed by atoms with E-state index in [4.69, 9.17) is 27.9 Å². The molecule has 0 aliphatic carbocycles. The van der Waals surface area contributed by atoms with E-state index in [0.29, 0.717) is 27.8 Å². The van der Waals surface area contributed by atoms with Crippen molar-refractivity contribution >= 4 is 50.7 Å². The first-order valence-corrected chi connectivity index (χ1v) is 13.6. The van der Waals surface area contributed by atoms with Gasteiger partial charge in [0.1, 0.15) is 5.60 Å². The Morgan fingerprint density at radius 2 is 1.59 bits per heavy atom. The van der Waals surface area contributed by atoms with E-state index in [1.807, 2.05) is 32.9 Å². The zero-order chi connectivity index (χ0) is 25.2. The van der Waals surface area contributed by atoms with Crippen molar-refractivity contribution in [3.8, 4) is 0 Å². The number of amides is 1. The molecule has 2 aromatic rings. The number of carbonyl (C=O) groups excluding carboxylic acids is 1. The summed E-state index contributed by atoms with van der Waals surface area (Å²) in [6.45, 7) is 6.85. The third kappa shape index (κ3) is 10.8. The fourth-order valence-corrected chi connectivity index (χ4v) is 4.54. The van der Waals surface area contributed by atoms with Crippen LogP contribution in [0.3, 0.4) is 0 Å². The number of unbranched alkanes of at least 4 members (excludes halogenated alkanes) is 2. The Bertz CT molecular complexity index is 1040. The molecule has 0 bridgehead atoms. The lowest BCUT2D eigenvalue weighted by Crippen LogP contribution is -2.33. The van der Waals surface area contributed by atoms with Crippen molar-refractivity contribution < 1.29 is 17.9 Å². The van der Waals surface area contributed by atoms with E-state index in [1.165, 1.54) is 0 Å². The van der Waals surface area contributed by atoms with Crippen LogP contribution >= 0.6 is 23.2 Å². The fraction of sp³-hybridized carbons (Fsp3) is 0.458. The maximum Gasteiger partial charge on any atom is 0.407 e. The summed E-state index contributed by atoms with van der Waals surface area (Å²) in [4.78, 5) is 11.6. The van der Waals surface area contributed by atoms with E-state index in [0.717, 1.165) is 31.5 Å². The minimum absolute atomic E-state index is 0.101. The Morgan fingerprint density at radius 1 is 0.941 bits per heavy atom. The molecule has 34 heavy (non-hydrogen) atoms. The number of benzene rings is 2. The summed E-state index contributed by atoms with van der Waals surface area (Å²) in [5.41, 5.74) is 1.60. The Hall–Kier alpha value is -2.16. The smallest absolute Gasteiger partial charge is 0.407 e. The van der Waals surface area contributed by atoms with Gasteiger partial charge in [0.05, 0.1) is 15.8 Å². The maximum atomic E-state index is 12.4. The highest BCUT2D eigenvalue weighted by atomic mass is 35.5. The highest BCUT2D eigenvalue weighted by Crippen LogP contribution is 2.26. The average molecular weight is 531 g/mol. The van der Waals surface area contributed by atoms with Crippen LogP contribution in [0.25, 0.3) is 0 Å². The van der Waals surface area contributed by atoms with Gasteiger partial charge in [-0.2, -0.15) is 0 Å². The largest absolute Gasteiger partial charge is 0.444 e. The summed E-state index contributed by atoms with van der Waals surface area (Å²) < 4.78 is 32.6. The molecule has 0 fully saturated rings. The first kappa shape index (κ1) is 28.1. The van der Waals surface area contributed by atoms with E-state index in [2.05, 4.69) is 15.4 Å². The van der Waals surface area contributed by atoms with Crippen LogP contribution in [0.1, 0.15) is 45.6 Å². The van der Waals surface area contributed by atoms with Crippen LogP contribution < -0.4 is 15.4 Å². The van der Waals surface area contributed by atoms with Gasteiger partial charge in [-0.3, -0.25) is 4.72 Å². The molecule has 0 atom stereocenters. The third-order valence-corrected chi connectivity index (χ3v) is 6.83. The van der Waals surface area contributed by atoms with Gasteiger partial charge in [0.15, 0.2) is 0 Å². The zero-order valence-electron chi connectivity index (χ0n) is 19.8. The van der Waals surface area contributed by atoms with Crippen molar-refractivity contribution in [1.29, 1.82) is 0 Å². The molecule has 2 rings (SSSR count). The van der Waals surface area contributed by atoms with Gasteiger partial charge in [-0.05, 0) is 82.3 Å². The Labute approximate surface area is 212 Å². The molecular weight excluding hydrogens is 497 g/mol. The molecule has 0 aliphatic heterocycles. The maximum absolute atomic E-state index is 12.4. The lowest BCUT2D eigenvalue weighted by atomic mass is 10.2. The van der Waals surface area contributed by atoms with Crippen LogP contribution in [0.4, 0.5) is 16.2 Å². The quantitative estimate of drug-likeness (QED) is 0.289. The van der Waals surface area contributed by atoms with Gasteiger partial charge in [-0.1, -0.05) is 35.3 Å². The second-order valence-electron chi connectivity index (χ2n) is 8.88. The lowest BCUT2D eigenvalue weighted by Gasteiger charge is -2.19. The van der Waals surface area contributed by atoms with Crippen molar-refractivity contribution in [3.63, 3.8) is 0 Å². The molecular formula is C24H33Cl2N3O4S. The summed E-state index contributed by atoms with van der Waals surface area (Å²) in [5, 5.41) is 6.84. The minimum atomic E-state index is -3.53. The molecule has 0 spiro atoms. The summed E-state index contributed by atoms with van der Waals surface area (Å²) in [6, 6.07) is 12.3. The zero-order valence-corrected chi connectivity index (χ0v) is 22.1. The van der Waals surface area contributed by atoms with Gasteiger partial charge in [0.25, 0.3) is 0 Å². The molecule has 2 aromatic carbocycles. The predicted octanol–water partition coefficient (Wildman–Crippen LogP) is 6.08. The van der Waals surface area contributed by atoms with E-state index in [1.54, 1.807) is 30.3 Å². The molecule has 0 unspecified atom stereocenters. The normalized spacial score (nSPS) is 11.7. The Morgan fingerprint density at radius 3 is 2.26 bits per heavy atom. The topological polar surface area (TPSA) is 96.5 Å². The fourth-order valence-electron chi connectivity index (χ4n) is 3.04. The second kappa shape index (κ2) is 13.1. The molecule has 0 aromatic heterocycles. The van der Waals surface area contributed by atoms with Gasteiger partial charge >= 0.3 is 6.09 Å². The van der Waals surface area contributed by atoms with Crippen molar-refractivity contribution in [2.45, 2.75) is 52.1 Å². The molecule has 0 aliphatic rings. The van der Waals surface area contributed by atoms with E-state index in [-0.39, 0.29) is 12.2 Å². The number of rotatable bonds is 12. The van der Waals surface area contributed by atoms with Crippen molar-refractivity contribution in [3.05, 3.63) is 58.1 Å². The second-order valence-corrected chi connectivity index (χ2v) is 11.5. The van der Waals surface area contributed by atoms with Gasteiger partial charge in [0.2, 0.25) is 10.0 Å². The number of sulfonamides is 1. The molecule has 7 nitrogen and oxygen atoms in total. The molecule has 0 saturated carbocycles. The number of aryl methyl sites for hydroxylation is 1. The monoisotopic (exact) mass is 529 g/mol. The van der Waals surface area contributed by atoms with Crippen molar-refractivity contribution in [2.75, 3.05) is 28.9 Å². The van der Waals surface area contributed by atoms with E-state index in [9.17, 15) is 13.2 Å². The van der Waals surface area contributed by atoms with E-state index < -0.39 is 21.7 Å². The van der Waals surface area contributed by atoms with Crippen LogP contribution in [-0.2, 0) is 21.2 Å². The van der Waals surface area contributed by atoms with Gasteiger partial charge in [0, 0.05) is 24.5 Å². The number of hydrogen-bond acceptors (Lipinski definition) is 5. The minimum Gasteiger partial charge on any atom is -0.444 e.